The summed E-state index contributed by atoms with van der Waals surface area (Å²) in [4.78, 5) is 21.3. The summed E-state index contributed by atoms with van der Waals surface area (Å²) in [5.41, 5.74) is 6.77. The van der Waals surface area contributed by atoms with Crippen LogP contribution in [-0.4, -0.2) is 36.7 Å². The summed E-state index contributed by atoms with van der Waals surface area (Å²) in [5, 5.41) is 12.1. The zero-order valence-corrected chi connectivity index (χ0v) is 11.5. The molecule has 0 radical (unpaired) electrons. The predicted octanol–water partition coefficient (Wildman–Crippen LogP) is 0.466. The van der Waals surface area contributed by atoms with Crippen molar-refractivity contribution in [3.63, 3.8) is 0 Å². The van der Waals surface area contributed by atoms with E-state index in [-0.39, 0.29) is 6.61 Å². The van der Waals surface area contributed by atoms with Crippen molar-refractivity contribution in [2.75, 3.05) is 19.8 Å². The fraction of sp³-hybridized carbons (Fsp3) is 0.429. The summed E-state index contributed by atoms with van der Waals surface area (Å²) in [7, 11) is 0. The second kappa shape index (κ2) is 8.29. The zero-order chi connectivity index (χ0) is 15.0. The molecule has 0 aromatic heterocycles. The number of benzene rings is 1. The van der Waals surface area contributed by atoms with Crippen molar-refractivity contribution in [2.45, 2.75) is 19.4 Å². The molecule has 1 atom stereocenters. The minimum absolute atomic E-state index is 0.0660. The normalized spacial score (nSPS) is 12.1. The van der Waals surface area contributed by atoms with Crippen LogP contribution < -0.4 is 11.1 Å². The van der Waals surface area contributed by atoms with Crippen LogP contribution in [0.25, 0.3) is 0 Å². The maximum Gasteiger partial charge on any atom is 0.310 e. The van der Waals surface area contributed by atoms with Crippen LogP contribution in [-0.2, 0) is 20.9 Å². The Bertz CT molecular complexity index is 445. The molecule has 0 spiro atoms. The Balaban J connectivity index is 2.28. The molecule has 6 nitrogen and oxygen atoms in total. The number of carbonyl (C=O) groups excluding carboxylic acids is 1. The van der Waals surface area contributed by atoms with E-state index in [9.17, 15) is 9.59 Å². The van der Waals surface area contributed by atoms with Crippen molar-refractivity contribution in [1.82, 2.24) is 5.32 Å². The number of primary amides is 1. The molecule has 1 rings (SSSR count). The number of carboxylic acids is 1. The maximum atomic E-state index is 10.8. The molecule has 20 heavy (non-hydrogen) atoms. The van der Waals surface area contributed by atoms with E-state index < -0.39 is 17.8 Å². The van der Waals surface area contributed by atoms with Gasteiger partial charge in [-0.05, 0) is 18.1 Å². The van der Waals surface area contributed by atoms with Gasteiger partial charge in [-0.15, -0.1) is 0 Å². The second-order valence-corrected chi connectivity index (χ2v) is 4.50. The van der Waals surface area contributed by atoms with Crippen LogP contribution in [0.1, 0.15) is 24.0 Å². The molecule has 0 heterocycles. The van der Waals surface area contributed by atoms with Gasteiger partial charge in [-0.1, -0.05) is 24.3 Å². The van der Waals surface area contributed by atoms with Crippen LogP contribution in [0.5, 0.6) is 0 Å². The van der Waals surface area contributed by atoms with Crippen LogP contribution in [0.3, 0.4) is 0 Å². The number of nitrogens with one attached hydrogen (secondary N) is 1. The van der Waals surface area contributed by atoms with Gasteiger partial charge in [-0.3, -0.25) is 9.59 Å². The molecule has 0 saturated carbocycles. The summed E-state index contributed by atoms with van der Waals surface area (Å²) < 4.78 is 5.01. The summed E-state index contributed by atoms with van der Waals surface area (Å²) in [5.74, 6) is -1.81. The molecule has 1 aromatic carbocycles. The number of amides is 1. The Morgan fingerprint density at radius 2 is 2.00 bits per heavy atom. The van der Waals surface area contributed by atoms with E-state index >= 15 is 0 Å². The SMILES string of the molecule is CC(C(=O)O)c1ccc(CNCCOCC(N)=O)cc1. The summed E-state index contributed by atoms with van der Waals surface area (Å²) in [6.45, 7) is 3.27. The minimum Gasteiger partial charge on any atom is -0.481 e. The zero-order valence-electron chi connectivity index (χ0n) is 11.5. The van der Waals surface area contributed by atoms with Crippen molar-refractivity contribution in [2.24, 2.45) is 5.73 Å². The van der Waals surface area contributed by atoms with E-state index in [1.54, 1.807) is 6.92 Å². The minimum atomic E-state index is -0.831. The largest absolute Gasteiger partial charge is 0.481 e. The Labute approximate surface area is 117 Å². The third-order valence-electron chi connectivity index (χ3n) is 2.85. The molecule has 0 bridgehead atoms. The number of nitrogens with two attached hydrogens (primary N) is 1. The number of ether oxygens (including phenoxy) is 1. The highest BCUT2D eigenvalue weighted by Crippen LogP contribution is 2.15. The molecular formula is C14H20N2O4. The first-order valence-electron chi connectivity index (χ1n) is 6.39. The molecule has 0 fully saturated rings. The lowest BCUT2D eigenvalue weighted by Crippen LogP contribution is -2.23. The number of hydrogen-bond acceptors (Lipinski definition) is 4. The van der Waals surface area contributed by atoms with Crippen molar-refractivity contribution < 1.29 is 19.4 Å². The lowest BCUT2D eigenvalue weighted by atomic mass is 10.0. The highest BCUT2D eigenvalue weighted by Gasteiger charge is 2.12. The predicted molar refractivity (Wildman–Crippen MR) is 74.2 cm³/mol. The van der Waals surface area contributed by atoms with Gasteiger partial charge in [0.2, 0.25) is 5.91 Å². The Kier molecular flexibility index (Phi) is 6.69. The topological polar surface area (TPSA) is 102 Å². The van der Waals surface area contributed by atoms with Gasteiger partial charge in [-0.25, -0.2) is 0 Å². The number of carbonyl (C=O) groups is 2. The van der Waals surface area contributed by atoms with Gasteiger partial charge < -0.3 is 20.9 Å². The number of aliphatic carboxylic acids is 1. The summed E-state index contributed by atoms with van der Waals surface area (Å²) in [6, 6.07) is 7.43. The highest BCUT2D eigenvalue weighted by molar-refractivity contribution is 5.75. The number of rotatable bonds is 9. The molecule has 6 heteroatoms. The number of hydrogen-bond donors (Lipinski definition) is 3. The Morgan fingerprint density at radius 3 is 2.55 bits per heavy atom. The first-order valence-corrected chi connectivity index (χ1v) is 6.39. The molecule has 110 valence electrons. The molecule has 4 N–H and O–H groups in total. The van der Waals surface area contributed by atoms with Gasteiger partial charge >= 0.3 is 5.97 Å². The molecular weight excluding hydrogens is 260 g/mol. The fourth-order valence-corrected chi connectivity index (χ4v) is 1.62. The second-order valence-electron chi connectivity index (χ2n) is 4.50. The maximum absolute atomic E-state index is 10.8. The Hall–Kier alpha value is -1.92. The summed E-state index contributed by atoms with van der Waals surface area (Å²) >= 11 is 0. The van der Waals surface area contributed by atoms with Gasteiger partial charge in [0.1, 0.15) is 6.61 Å². The highest BCUT2D eigenvalue weighted by atomic mass is 16.5. The van der Waals surface area contributed by atoms with Crippen molar-refractivity contribution >= 4 is 11.9 Å². The van der Waals surface area contributed by atoms with Crippen LogP contribution in [0.2, 0.25) is 0 Å². The van der Waals surface area contributed by atoms with Gasteiger partial charge in [0.15, 0.2) is 0 Å². The number of carboxylic acid groups (broad SMARTS) is 1. The van der Waals surface area contributed by atoms with Gasteiger partial charge in [-0.2, -0.15) is 0 Å². The molecule has 1 aromatic rings. The first kappa shape index (κ1) is 16.1. The standard InChI is InChI=1S/C14H20N2O4/c1-10(14(18)19)12-4-2-11(3-5-12)8-16-6-7-20-9-13(15)17/h2-5,10,16H,6-9H2,1H3,(H2,15,17)(H,18,19). The fourth-order valence-electron chi connectivity index (χ4n) is 1.62. The van der Waals surface area contributed by atoms with E-state index in [2.05, 4.69) is 5.32 Å². The molecule has 0 aliphatic rings. The molecule has 0 aliphatic carbocycles. The third kappa shape index (κ3) is 5.81. The van der Waals surface area contributed by atoms with E-state index in [0.717, 1.165) is 11.1 Å². The molecule has 1 amide bonds. The van der Waals surface area contributed by atoms with Gasteiger partial charge in [0.25, 0.3) is 0 Å². The average Bonchev–Trinajstić information content (AvgIpc) is 2.42. The molecule has 1 unspecified atom stereocenters. The van der Waals surface area contributed by atoms with Crippen molar-refractivity contribution in [3.05, 3.63) is 35.4 Å². The van der Waals surface area contributed by atoms with Crippen LogP contribution in [0.15, 0.2) is 24.3 Å². The molecule has 0 aliphatic heterocycles. The third-order valence-corrected chi connectivity index (χ3v) is 2.85. The lowest BCUT2D eigenvalue weighted by molar-refractivity contribution is -0.138. The lowest BCUT2D eigenvalue weighted by Gasteiger charge is -2.09. The Morgan fingerprint density at radius 1 is 1.35 bits per heavy atom. The van der Waals surface area contributed by atoms with E-state index in [1.807, 2.05) is 24.3 Å². The van der Waals surface area contributed by atoms with E-state index in [0.29, 0.717) is 19.7 Å². The average molecular weight is 280 g/mol. The first-order chi connectivity index (χ1) is 9.50. The van der Waals surface area contributed by atoms with Crippen LogP contribution in [0.4, 0.5) is 0 Å². The quantitative estimate of drug-likeness (QED) is 0.571. The van der Waals surface area contributed by atoms with Crippen molar-refractivity contribution in [3.8, 4) is 0 Å². The van der Waals surface area contributed by atoms with Gasteiger partial charge in [0, 0.05) is 13.1 Å². The van der Waals surface area contributed by atoms with Crippen molar-refractivity contribution in [1.29, 1.82) is 0 Å². The smallest absolute Gasteiger partial charge is 0.310 e. The van der Waals surface area contributed by atoms with Gasteiger partial charge in [0.05, 0.1) is 12.5 Å². The monoisotopic (exact) mass is 280 g/mol. The molecule has 0 saturated heterocycles. The van der Waals surface area contributed by atoms with Crippen LogP contribution in [0, 0.1) is 0 Å². The van der Waals surface area contributed by atoms with Crippen LogP contribution >= 0.6 is 0 Å². The summed E-state index contributed by atoms with van der Waals surface area (Å²) in [6.07, 6.45) is 0. The van der Waals surface area contributed by atoms with E-state index in [4.69, 9.17) is 15.6 Å². The van der Waals surface area contributed by atoms with E-state index in [1.165, 1.54) is 0 Å².